The lowest BCUT2D eigenvalue weighted by Gasteiger charge is -2.19. The fourth-order valence-electron chi connectivity index (χ4n) is 2.56. The third-order valence-electron chi connectivity index (χ3n) is 3.99. The number of rotatable bonds is 9. The number of nitrogens with zero attached hydrogens (tertiary/aromatic N) is 5. The summed E-state index contributed by atoms with van der Waals surface area (Å²) in [5, 5.41) is 15.4. The first-order valence-corrected chi connectivity index (χ1v) is 8.92. The zero-order valence-corrected chi connectivity index (χ0v) is 15.7. The summed E-state index contributed by atoms with van der Waals surface area (Å²) < 4.78 is 6.54. The predicted octanol–water partition coefficient (Wildman–Crippen LogP) is 0.971. The van der Waals surface area contributed by atoms with Gasteiger partial charge in [0.1, 0.15) is 11.9 Å². The topological polar surface area (TPSA) is 102 Å². The number of nitrogens with one attached hydrogen (secondary N) is 1. The maximum atomic E-state index is 12.1. The van der Waals surface area contributed by atoms with Crippen LogP contribution in [-0.4, -0.2) is 57.4 Å². The molecule has 0 aliphatic carbocycles. The standard InChI is InChI=1S/C17H26N6O3/c1-5-22(6-2)15-9-8-13-19-20-14(23(13)21-15)10-11-16(24)18-12(4)17(25)26-7-3/h8-9,12H,5-7,10-11H2,1-4H3,(H,18,24)/t12-/m0/s1. The quantitative estimate of drug-likeness (QED) is 0.663. The van der Waals surface area contributed by atoms with E-state index >= 15 is 0 Å². The number of esters is 1. The molecule has 142 valence electrons. The van der Waals surface area contributed by atoms with E-state index in [4.69, 9.17) is 4.74 Å². The molecular formula is C17H26N6O3. The second-order valence-electron chi connectivity index (χ2n) is 5.79. The van der Waals surface area contributed by atoms with Crippen molar-refractivity contribution < 1.29 is 14.3 Å². The van der Waals surface area contributed by atoms with E-state index in [1.807, 2.05) is 12.1 Å². The highest BCUT2D eigenvalue weighted by atomic mass is 16.5. The Balaban J connectivity index is 2.03. The van der Waals surface area contributed by atoms with Gasteiger partial charge in [-0.2, -0.15) is 4.52 Å². The summed E-state index contributed by atoms with van der Waals surface area (Å²) in [6, 6.07) is 3.10. The molecule has 0 aliphatic rings. The number of anilines is 1. The van der Waals surface area contributed by atoms with Crippen LogP contribution in [0.1, 0.15) is 39.9 Å². The molecule has 0 fully saturated rings. The highest BCUT2D eigenvalue weighted by molar-refractivity contribution is 5.84. The first-order chi connectivity index (χ1) is 12.5. The summed E-state index contributed by atoms with van der Waals surface area (Å²) in [5.74, 6) is 0.749. The lowest BCUT2D eigenvalue weighted by molar-refractivity contribution is -0.146. The number of aryl methyl sites for hydroxylation is 1. The van der Waals surface area contributed by atoms with Crippen molar-refractivity contribution in [3.8, 4) is 0 Å². The number of fused-ring (bicyclic) bond motifs is 1. The minimum absolute atomic E-state index is 0.182. The van der Waals surface area contributed by atoms with Crippen molar-refractivity contribution in [1.29, 1.82) is 0 Å². The van der Waals surface area contributed by atoms with Gasteiger partial charge in [-0.15, -0.1) is 15.3 Å². The van der Waals surface area contributed by atoms with Crippen LogP contribution < -0.4 is 10.2 Å². The molecule has 0 unspecified atom stereocenters. The van der Waals surface area contributed by atoms with E-state index < -0.39 is 12.0 Å². The lowest BCUT2D eigenvalue weighted by Crippen LogP contribution is -2.39. The Bertz CT molecular complexity index is 756. The van der Waals surface area contributed by atoms with Crippen molar-refractivity contribution in [2.75, 3.05) is 24.6 Å². The van der Waals surface area contributed by atoms with E-state index in [1.165, 1.54) is 0 Å². The molecular weight excluding hydrogens is 336 g/mol. The van der Waals surface area contributed by atoms with Crippen molar-refractivity contribution in [2.24, 2.45) is 0 Å². The molecule has 9 nitrogen and oxygen atoms in total. The smallest absolute Gasteiger partial charge is 0.328 e. The average molecular weight is 362 g/mol. The maximum absolute atomic E-state index is 12.1. The van der Waals surface area contributed by atoms with Gasteiger partial charge >= 0.3 is 5.97 Å². The SMILES string of the molecule is CCOC(=O)[C@H](C)NC(=O)CCc1nnc2ccc(N(CC)CC)nn12. The van der Waals surface area contributed by atoms with E-state index in [2.05, 4.69) is 39.4 Å². The summed E-state index contributed by atoms with van der Waals surface area (Å²) in [4.78, 5) is 25.7. The molecule has 2 heterocycles. The van der Waals surface area contributed by atoms with Crippen LogP contribution in [0, 0.1) is 0 Å². The Labute approximate surface area is 152 Å². The number of amides is 1. The van der Waals surface area contributed by atoms with E-state index in [-0.39, 0.29) is 18.9 Å². The molecule has 0 bridgehead atoms. The molecule has 0 saturated heterocycles. The van der Waals surface area contributed by atoms with E-state index in [1.54, 1.807) is 18.4 Å². The van der Waals surface area contributed by atoms with Gasteiger partial charge in [0.25, 0.3) is 0 Å². The summed E-state index contributed by atoms with van der Waals surface area (Å²) in [6.45, 7) is 9.43. The molecule has 0 aromatic carbocycles. The van der Waals surface area contributed by atoms with E-state index in [9.17, 15) is 9.59 Å². The summed E-state index contributed by atoms with van der Waals surface area (Å²) >= 11 is 0. The van der Waals surface area contributed by atoms with Crippen molar-refractivity contribution in [1.82, 2.24) is 25.1 Å². The number of carbonyl (C=O) groups excluding carboxylic acids is 2. The van der Waals surface area contributed by atoms with E-state index in [0.717, 1.165) is 18.9 Å². The van der Waals surface area contributed by atoms with Crippen LogP contribution in [-0.2, 0) is 20.7 Å². The van der Waals surface area contributed by atoms with Gasteiger partial charge in [0.2, 0.25) is 5.91 Å². The second-order valence-corrected chi connectivity index (χ2v) is 5.79. The largest absolute Gasteiger partial charge is 0.464 e. The Morgan fingerprint density at radius 3 is 2.62 bits per heavy atom. The van der Waals surface area contributed by atoms with Gasteiger partial charge in [0.15, 0.2) is 11.5 Å². The molecule has 0 radical (unpaired) electrons. The maximum Gasteiger partial charge on any atom is 0.328 e. The zero-order valence-electron chi connectivity index (χ0n) is 15.7. The fourth-order valence-corrected chi connectivity index (χ4v) is 2.56. The van der Waals surface area contributed by atoms with Gasteiger partial charge in [-0.1, -0.05) is 0 Å². The molecule has 1 N–H and O–H groups in total. The van der Waals surface area contributed by atoms with Crippen LogP contribution in [0.3, 0.4) is 0 Å². The number of aromatic nitrogens is 4. The van der Waals surface area contributed by atoms with Gasteiger partial charge in [-0.3, -0.25) is 4.79 Å². The zero-order chi connectivity index (χ0) is 19.1. The van der Waals surface area contributed by atoms with Crippen LogP contribution in [0.5, 0.6) is 0 Å². The third-order valence-corrected chi connectivity index (χ3v) is 3.99. The van der Waals surface area contributed by atoms with Crippen molar-refractivity contribution in [3.05, 3.63) is 18.0 Å². The monoisotopic (exact) mass is 362 g/mol. The molecule has 1 atom stereocenters. The number of ether oxygens (including phenoxy) is 1. The Hall–Kier alpha value is -2.71. The molecule has 26 heavy (non-hydrogen) atoms. The number of hydrogen-bond acceptors (Lipinski definition) is 7. The van der Waals surface area contributed by atoms with Gasteiger partial charge in [-0.05, 0) is 39.8 Å². The van der Waals surface area contributed by atoms with E-state index in [0.29, 0.717) is 17.9 Å². The molecule has 2 aromatic heterocycles. The average Bonchev–Trinajstić information content (AvgIpc) is 3.03. The highest BCUT2D eigenvalue weighted by Crippen LogP contribution is 2.12. The Morgan fingerprint density at radius 2 is 1.96 bits per heavy atom. The predicted molar refractivity (Wildman–Crippen MR) is 96.9 cm³/mol. The van der Waals surface area contributed by atoms with Gasteiger partial charge in [0.05, 0.1) is 6.61 Å². The van der Waals surface area contributed by atoms with Crippen LogP contribution in [0.2, 0.25) is 0 Å². The third kappa shape index (κ3) is 4.68. The van der Waals surface area contributed by atoms with Crippen LogP contribution in [0.15, 0.2) is 12.1 Å². The summed E-state index contributed by atoms with van der Waals surface area (Å²) in [7, 11) is 0. The van der Waals surface area contributed by atoms with Crippen molar-refractivity contribution in [2.45, 2.75) is 46.6 Å². The molecule has 2 rings (SSSR count). The minimum atomic E-state index is -0.676. The highest BCUT2D eigenvalue weighted by Gasteiger charge is 2.17. The second kappa shape index (κ2) is 9.12. The molecule has 0 spiro atoms. The first kappa shape index (κ1) is 19.6. The first-order valence-electron chi connectivity index (χ1n) is 8.92. The van der Waals surface area contributed by atoms with Crippen LogP contribution in [0.4, 0.5) is 5.82 Å². The molecule has 0 aliphatic heterocycles. The van der Waals surface area contributed by atoms with Crippen LogP contribution in [0.25, 0.3) is 5.65 Å². The van der Waals surface area contributed by atoms with Crippen molar-refractivity contribution in [3.63, 3.8) is 0 Å². The Kier molecular flexibility index (Phi) is 6.88. The molecule has 9 heteroatoms. The van der Waals surface area contributed by atoms with Crippen LogP contribution >= 0.6 is 0 Å². The van der Waals surface area contributed by atoms with Gasteiger partial charge in [-0.25, -0.2) is 4.79 Å². The molecule has 2 aromatic rings. The number of hydrogen-bond donors (Lipinski definition) is 1. The molecule has 1 amide bonds. The lowest BCUT2D eigenvalue weighted by atomic mass is 10.2. The summed E-state index contributed by atoms with van der Waals surface area (Å²) in [6.07, 6.45) is 0.555. The summed E-state index contributed by atoms with van der Waals surface area (Å²) in [5.41, 5.74) is 0.635. The van der Waals surface area contributed by atoms with Gasteiger partial charge in [0, 0.05) is 25.9 Å². The fraction of sp³-hybridized carbons (Fsp3) is 0.588. The minimum Gasteiger partial charge on any atom is -0.464 e. The molecule has 0 saturated carbocycles. The Morgan fingerprint density at radius 1 is 1.23 bits per heavy atom. The number of carbonyl (C=O) groups is 2. The van der Waals surface area contributed by atoms with Gasteiger partial charge < -0.3 is 15.0 Å². The normalized spacial score (nSPS) is 12.0. The van der Waals surface area contributed by atoms with Crippen molar-refractivity contribution >= 4 is 23.3 Å².